The van der Waals surface area contributed by atoms with Crippen LogP contribution in [0.5, 0.6) is 17.4 Å². The van der Waals surface area contributed by atoms with E-state index in [1.807, 2.05) is 17.0 Å². The summed E-state index contributed by atoms with van der Waals surface area (Å²) in [6.45, 7) is 3.65. The summed E-state index contributed by atoms with van der Waals surface area (Å²) in [6, 6.07) is 6.58. The van der Waals surface area contributed by atoms with Gasteiger partial charge in [-0.1, -0.05) is 5.16 Å². The van der Waals surface area contributed by atoms with Gasteiger partial charge in [0.2, 0.25) is 5.88 Å². The lowest BCUT2D eigenvalue weighted by atomic mass is 9.74. The van der Waals surface area contributed by atoms with E-state index in [9.17, 15) is 41.1 Å². The number of amides is 1. The number of halogens is 3. The lowest BCUT2D eigenvalue weighted by Gasteiger charge is -2.50. The zero-order valence-electron chi connectivity index (χ0n) is 45.2. The maximum atomic E-state index is 13.3. The predicted molar refractivity (Wildman–Crippen MR) is 308 cm³/mol. The number of rotatable bonds is 17. The number of aryl methyl sites for hydroxylation is 1. The van der Waals surface area contributed by atoms with Crippen LogP contribution in [0.25, 0.3) is 0 Å². The minimum absolute atomic E-state index is 0.0400. The van der Waals surface area contributed by atoms with Crippen LogP contribution < -0.4 is 30.6 Å². The van der Waals surface area contributed by atoms with Gasteiger partial charge in [0.25, 0.3) is 12.0 Å². The molecule has 0 saturated carbocycles. The smallest absolute Gasteiger partial charge is 0.430 e. The molecule has 1 aliphatic heterocycles. The molecule has 4 rings (SSSR count). The Kier molecular flexibility index (Phi) is 31.9. The molecule has 0 bridgehead atoms. The number of pyridine rings is 2. The lowest BCUT2D eigenvalue weighted by Crippen LogP contribution is -2.68. The second-order valence-electron chi connectivity index (χ2n) is 15.4. The van der Waals surface area contributed by atoms with E-state index < -0.39 is 76.5 Å². The number of β-lactam (4-membered cyclic amide) rings is 1. The molecule has 0 aromatic carbocycles. The number of Topliss-reactive ketones (excluding diaryl/α,β-unsaturated/α-hetero) is 1. The van der Waals surface area contributed by atoms with Gasteiger partial charge in [0, 0.05) is 131 Å². The minimum atomic E-state index is -5.19. The van der Waals surface area contributed by atoms with E-state index >= 15 is 0 Å². The van der Waals surface area contributed by atoms with Crippen molar-refractivity contribution in [1.29, 1.82) is 0 Å². The van der Waals surface area contributed by atoms with E-state index in [-0.39, 0.29) is 22.5 Å². The highest BCUT2D eigenvalue weighted by Gasteiger charge is 2.57. The molecule has 0 unspecified atom stereocenters. The SMILES string of the molecule is C#CC#CC#CC#CC#CC#CC#CC#CC#CC#CC#CC#CC#CC#CC#CC#CC#C.CC1(C)[C@H](CC(=O)/C(=N\O[C@@H](COc2ccc(Oc3cc[n+](CCCN)cc3)nc2)C(=O)O)c2csc(N)n2)C(=O)N1OS(=O)(=O)O.O=C([O-])C(F)(F)F. The standard InChI is InChI=1S/C34H2.C27H31N7O11S2.C2HF3O2/c1-3-5-7-9-11-13-15-17-19-21-23-25-27-29-31-33-34-32-30-28-26-24-22-20-18-16-14-12-10-8-6-4-2;1-27(2)18(24(36)34(27)45-47(39,40)41)12-20(35)23(19-15-46-26(29)31-19)32-44-21(25(37)38)14-42-17-4-5-22(30-13-17)43-16-6-10-33(11-7-16)9-3-8-28;3-2(4,5)1(6)7/h1-2H;4-7,10-11,13,15,18,21H,3,8-9,12,14,28H2,1-2H3,(H3-,29,31,37,38,39,40,41);(H,6,7)/b;32-23-;/t;18-,21+;/m.1./s1. The van der Waals surface area contributed by atoms with E-state index in [1.54, 1.807) is 12.1 Å². The number of alkyl halides is 3. The molecule has 1 fully saturated rings. The fraction of sp³-hybridized carbons (Fsp3) is 0.175. The second kappa shape index (κ2) is 39.5. The summed E-state index contributed by atoms with van der Waals surface area (Å²) in [6.07, 6.45) is 8.31. The van der Waals surface area contributed by atoms with Crippen LogP contribution in [0.2, 0.25) is 0 Å². The topological polar surface area (TPSA) is 300 Å². The van der Waals surface area contributed by atoms with Crippen molar-refractivity contribution in [2.75, 3.05) is 18.9 Å². The van der Waals surface area contributed by atoms with Crippen LogP contribution in [-0.4, -0.2) is 93.4 Å². The van der Waals surface area contributed by atoms with Gasteiger partial charge in [-0.15, -0.1) is 28.5 Å². The first-order valence-corrected chi connectivity index (χ1v) is 25.7. The third-order valence-electron chi connectivity index (χ3n) is 9.01. The molecule has 1 saturated heterocycles. The number of aromatic nitrogens is 3. The minimum Gasteiger partial charge on any atom is -0.542 e. The van der Waals surface area contributed by atoms with Crippen molar-refractivity contribution < 1.29 is 78.7 Å². The molecular formula is C63H34F3N7O13S2. The Hall–Kier alpha value is -13.0. The number of carboxylic acids is 2. The average Bonchev–Trinajstić information content (AvgIpc) is 1.09. The van der Waals surface area contributed by atoms with Gasteiger partial charge in [0.1, 0.15) is 36.3 Å². The number of terminal acetylenes is 2. The molecule has 3 aromatic heterocycles. The van der Waals surface area contributed by atoms with Crippen LogP contribution in [0, 0.1) is 208 Å². The van der Waals surface area contributed by atoms with Gasteiger partial charge in [-0.3, -0.25) is 14.1 Å². The lowest BCUT2D eigenvalue weighted by molar-refractivity contribution is -0.697. The molecule has 88 heavy (non-hydrogen) atoms. The average molecular weight is 1220 g/mol. The summed E-state index contributed by atoms with van der Waals surface area (Å²) in [4.78, 5) is 59.9. The van der Waals surface area contributed by atoms with Gasteiger partial charge in [-0.25, -0.2) is 19.3 Å². The van der Waals surface area contributed by atoms with Crippen LogP contribution >= 0.6 is 11.3 Å². The Labute approximate surface area is 508 Å². The predicted octanol–water partition coefficient (Wildman–Crippen LogP) is 0.335. The first kappa shape index (κ1) is 71.1. The van der Waals surface area contributed by atoms with Crippen molar-refractivity contribution in [3.8, 4) is 220 Å². The van der Waals surface area contributed by atoms with Crippen molar-refractivity contribution in [3.63, 3.8) is 0 Å². The molecule has 432 valence electrons. The third-order valence-corrected chi connectivity index (χ3v) is 10.0. The largest absolute Gasteiger partial charge is 0.542 e. The molecular weight excluding hydrogens is 1180 g/mol. The summed E-state index contributed by atoms with van der Waals surface area (Å²) in [5.41, 5.74) is 9.43. The van der Waals surface area contributed by atoms with Crippen molar-refractivity contribution in [3.05, 3.63) is 53.9 Å². The number of ketones is 1. The molecule has 0 spiro atoms. The number of carbonyl (C=O) groups excluding carboxylic acids is 3. The summed E-state index contributed by atoms with van der Waals surface area (Å²) in [7, 11) is -5.00. The van der Waals surface area contributed by atoms with E-state index in [0.717, 1.165) is 24.3 Å². The fourth-order valence-electron chi connectivity index (χ4n) is 5.24. The molecule has 25 heteroatoms. The molecule has 1 aliphatic rings. The molecule has 1 amide bonds. The Morgan fingerprint density at radius 3 is 1.55 bits per heavy atom. The van der Waals surface area contributed by atoms with Gasteiger partial charge < -0.3 is 40.8 Å². The van der Waals surface area contributed by atoms with Gasteiger partial charge in [-0.2, -0.15) is 26.7 Å². The highest BCUT2D eigenvalue weighted by molar-refractivity contribution is 7.80. The normalized spacial score (nSPS) is 11.3. The van der Waals surface area contributed by atoms with Gasteiger partial charge in [0.15, 0.2) is 29.0 Å². The molecule has 20 nitrogen and oxygen atoms in total. The van der Waals surface area contributed by atoms with Gasteiger partial charge in [-0.05, 0) is 121 Å². The fourth-order valence-corrected chi connectivity index (χ4v) is 6.24. The number of carbonyl (C=O) groups is 4. The van der Waals surface area contributed by atoms with E-state index in [1.165, 1.54) is 37.6 Å². The summed E-state index contributed by atoms with van der Waals surface area (Å²) < 4.78 is 80.2. The molecule has 0 radical (unpaired) electrons. The van der Waals surface area contributed by atoms with Crippen molar-refractivity contribution in [2.24, 2.45) is 16.8 Å². The number of nitrogens with two attached hydrogens (primary N) is 2. The van der Waals surface area contributed by atoms with Crippen molar-refractivity contribution in [2.45, 2.75) is 51.1 Å². The number of anilines is 1. The number of hydrogen-bond acceptors (Lipinski definition) is 17. The number of oxime groups is 1. The molecule has 2 atom stereocenters. The number of thiazole rings is 1. The number of carboxylic acid groups (broad SMARTS) is 2. The number of hydroxylamine groups is 2. The molecule has 4 heterocycles. The number of nitrogen functional groups attached to an aromatic ring is 1. The summed E-state index contributed by atoms with van der Waals surface area (Å²) in [5.74, 6) is 71.9. The monoisotopic (exact) mass is 1220 g/mol. The van der Waals surface area contributed by atoms with Crippen LogP contribution in [-0.2, 0) is 45.2 Å². The summed E-state index contributed by atoms with van der Waals surface area (Å²) >= 11 is 0.974. The Balaban J connectivity index is 0.000000565. The maximum Gasteiger partial charge on any atom is 0.430 e. The van der Waals surface area contributed by atoms with Crippen LogP contribution in [0.15, 0.2) is 53.4 Å². The third kappa shape index (κ3) is 30.2. The quantitative estimate of drug-likeness (QED) is 0.0354. The number of hydrogen-bond donors (Lipinski definition) is 4. The first-order valence-electron chi connectivity index (χ1n) is 23.4. The highest BCUT2D eigenvalue weighted by atomic mass is 32.3. The number of ether oxygens (including phenoxy) is 2. The summed E-state index contributed by atoms with van der Waals surface area (Å²) in [5, 5.41) is 24.1. The van der Waals surface area contributed by atoms with Crippen LogP contribution in [0.1, 0.15) is 32.4 Å². The Morgan fingerprint density at radius 1 is 0.784 bits per heavy atom. The van der Waals surface area contributed by atoms with Crippen LogP contribution in [0.3, 0.4) is 0 Å². The van der Waals surface area contributed by atoms with Gasteiger partial charge in [0.05, 0.1) is 17.7 Å². The van der Waals surface area contributed by atoms with Crippen molar-refractivity contribution in [1.82, 2.24) is 15.0 Å². The maximum absolute atomic E-state index is 13.3. The Bertz CT molecular complexity index is 4280. The van der Waals surface area contributed by atoms with Crippen LogP contribution in [0.4, 0.5) is 18.3 Å². The van der Waals surface area contributed by atoms with E-state index in [2.05, 4.69) is 209 Å². The van der Waals surface area contributed by atoms with E-state index in [0.29, 0.717) is 17.4 Å². The highest BCUT2D eigenvalue weighted by Crippen LogP contribution is 2.40. The first-order chi connectivity index (χ1) is 42.0. The van der Waals surface area contributed by atoms with Gasteiger partial charge >= 0.3 is 22.5 Å². The second-order valence-corrected chi connectivity index (χ2v) is 17.3. The molecule has 6 N–H and O–H groups in total. The number of nitrogens with zero attached hydrogens (tertiary/aromatic N) is 5. The zero-order valence-corrected chi connectivity index (χ0v) is 46.8. The van der Waals surface area contributed by atoms with E-state index in [4.69, 9.17) is 53.1 Å². The van der Waals surface area contributed by atoms with Crippen molar-refractivity contribution >= 4 is 56.2 Å². The molecule has 3 aromatic rings. The zero-order chi connectivity index (χ0) is 65.1. The number of aliphatic carboxylic acids is 2. The molecule has 0 aliphatic carbocycles. The Morgan fingerprint density at radius 2 is 1.22 bits per heavy atom.